The lowest BCUT2D eigenvalue weighted by molar-refractivity contribution is 0.230. The van der Waals surface area contributed by atoms with E-state index in [1.54, 1.807) is 0 Å². The smallest absolute Gasteiger partial charge is 0.00608 e. The molecule has 0 amide bonds. The van der Waals surface area contributed by atoms with Crippen LogP contribution < -0.4 is 0 Å². The van der Waals surface area contributed by atoms with Crippen molar-refractivity contribution in [1.82, 2.24) is 0 Å². The Balaban J connectivity index is -0.000000113. The first-order valence-corrected chi connectivity index (χ1v) is 19.1. The van der Waals surface area contributed by atoms with Gasteiger partial charge in [0.25, 0.3) is 0 Å². The fourth-order valence-corrected chi connectivity index (χ4v) is 5.10. The van der Waals surface area contributed by atoms with Crippen LogP contribution in [0.15, 0.2) is 24.8 Å². The van der Waals surface area contributed by atoms with Crippen LogP contribution in [0.4, 0.5) is 0 Å². The first kappa shape index (κ1) is 57.2. The van der Waals surface area contributed by atoms with Gasteiger partial charge in [-0.25, -0.2) is 0 Å². The molecule has 0 aliphatic heterocycles. The van der Waals surface area contributed by atoms with E-state index in [0.29, 0.717) is 11.3 Å². The first-order valence-electron chi connectivity index (χ1n) is 19.1. The van der Waals surface area contributed by atoms with Crippen molar-refractivity contribution in [2.24, 2.45) is 23.2 Å². The molecule has 0 saturated heterocycles. The third-order valence-corrected chi connectivity index (χ3v) is 7.40. The molecule has 0 aliphatic rings. The molecule has 0 radical (unpaired) electrons. The second-order valence-electron chi connectivity index (χ2n) is 11.4. The average Bonchev–Trinajstić information content (AvgIpc) is 2.99. The van der Waals surface area contributed by atoms with Gasteiger partial charge in [-0.3, -0.25) is 0 Å². The molecule has 0 nitrogen and oxygen atoms in total. The van der Waals surface area contributed by atoms with Gasteiger partial charge in [-0.05, 0) is 42.4 Å². The quantitative estimate of drug-likeness (QED) is 0.0965. The summed E-state index contributed by atoms with van der Waals surface area (Å²) in [5.41, 5.74) is 0.315. The summed E-state index contributed by atoms with van der Waals surface area (Å²) in [6.07, 6.45) is 29.9. The highest BCUT2D eigenvalue weighted by molar-refractivity contribution is 5.05. The van der Waals surface area contributed by atoms with Crippen molar-refractivity contribution in [3.05, 3.63) is 24.8 Å². The topological polar surface area (TPSA) is 0 Å². The van der Waals surface area contributed by atoms with Crippen molar-refractivity contribution in [3.63, 3.8) is 0 Å². The second-order valence-corrected chi connectivity index (χ2v) is 11.4. The number of allylic oxidation sites excluding steroid dienone is 3. The second kappa shape index (κ2) is 53.1. The van der Waals surface area contributed by atoms with Crippen molar-refractivity contribution in [3.8, 4) is 0 Å². The van der Waals surface area contributed by atoms with Crippen molar-refractivity contribution >= 4 is 0 Å². The first-order chi connectivity index (χ1) is 19.8. The zero-order chi connectivity index (χ0) is 33.4. The highest BCUT2D eigenvalue weighted by Gasteiger charge is 2.30. The predicted octanol–water partition coefficient (Wildman–Crippen LogP) is 17.1. The fraction of sp³-hybridized carbons (Fsp3) is 0.905. The molecule has 0 aliphatic carbocycles. The predicted molar refractivity (Wildman–Crippen MR) is 208 cm³/mol. The van der Waals surface area contributed by atoms with Crippen LogP contribution in [0.1, 0.15) is 227 Å². The largest absolute Gasteiger partial charge is 0.103 e. The van der Waals surface area contributed by atoms with Crippen molar-refractivity contribution in [2.75, 3.05) is 0 Å². The molecule has 0 fully saturated rings. The van der Waals surface area contributed by atoms with Crippen molar-refractivity contribution in [2.45, 2.75) is 227 Å². The molecule has 0 rings (SSSR count). The van der Waals surface area contributed by atoms with Crippen LogP contribution in [0.25, 0.3) is 0 Å². The number of hydrogen-bond acceptors (Lipinski definition) is 0. The zero-order valence-corrected chi connectivity index (χ0v) is 32.7. The third-order valence-electron chi connectivity index (χ3n) is 7.40. The number of rotatable bonds is 20. The molecule has 3 unspecified atom stereocenters. The van der Waals surface area contributed by atoms with Crippen LogP contribution in [0.3, 0.4) is 0 Å². The van der Waals surface area contributed by atoms with Gasteiger partial charge in [0.1, 0.15) is 0 Å². The SMILES string of the molecule is C.C=CC(CCCCC)(CCCCCC(C)CCC)C(C)/C=C/CC.CC.CC.CC.CCC.CCCC(C)CCC. The molecule has 0 saturated carbocycles. The lowest BCUT2D eigenvalue weighted by atomic mass is 9.69. The van der Waals surface area contributed by atoms with Crippen LogP contribution in [0, 0.1) is 23.2 Å². The molecule has 0 heteroatoms. The highest BCUT2D eigenvalue weighted by atomic mass is 14.3. The van der Waals surface area contributed by atoms with E-state index in [1.807, 2.05) is 41.5 Å². The number of unbranched alkanes of at least 4 members (excludes halogenated alkanes) is 4. The summed E-state index contributed by atoms with van der Waals surface area (Å²) in [6.45, 7) is 39.0. The van der Waals surface area contributed by atoms with Gasteiger partial charge < -0.3 is 0 Å². The van der Waals surface area contributed by atoms with E-state index >= 15 is 0 Å². The van der Waals surface area contributed by atoms with Crippen LogP contribution in [0.5, 0.6) is 0 Å². The Morgan fingerprint density at radius 2 is 0.929 bits per heavy atom. The maximum absolute atomic E-state index is 4.26. The lowest BCUT2D eigenvalue weighted by Crippen LogP contribution is -2.25. The molecule has 0 N–H and O–H groups in total. The summed E-state index contributed by atoms with van der Waals surface area (Å²) in [5.74, 6) is 2.49. The van der Waals surface area contributed by atoms with Gasteiger partial charge >= 0.3 is 0 Å². The lowest BCUT2D eigenvalue weighted by Gasteiger charge is -2.36. The molecule has 262 valence electrons. The molecule has 3 atom stereocenters. The van der Waals surface area contributed by atoms with E-state index < -0.39 is 0 Å². The molecule has 0 aromatic heterocycles. The minimum absolute atomic E-state index is 0. The fourth-order valence-electron chi connectivity index (χ4n) is 5.10. The minimum Gasteiger partial charge on any atom is -0.103 e. The molecular weight excluding hydrogens is 504 g/mol. The van der Waals surface area contributed by atoms with E-state index in [1.165, 1.54) is 103 Å². The van der Waals surface area contributed by atoms with Gasteiger partial charge in [0, 0.05) is 0 Å². The summed E-state index contributed by atoms with van der Waals surface area (Å²) in [6, 6.07) is 0. The summed E-state index contributed by atoms with van der Waals surface area (Å²) in [5, 5.41) is 0. The van der Waals surface area contributed by atoms with E-state index in [9.17, 15) is 0 Å². The Morgan fingerprint density at radius 3 is 1.26 bits per heavy atom. The zero-order valence-electron chi connectivity index (χ0n) is 32.7. The summed E-state index contributed by atoms with van der Waals surface area (Å²) < 4.78 is 0. The summed E-state index contributed by atoms with van der Waals surface area (Å²) in [7, 11) is 0. The number of hydrogen-bond donors (Lipinski definition) is 0. The maximum Gasteiger partial charge on any atom is -0.00608 e. The van der Waals surface area contributed by atoms with E-state index in [4.69, 9.17) is 0 Å². The van der Waals surface area contributed by atoms with E-state index in [-0.39, 0.29) is 7.43 Å². The van der Waals surface area contributed by atoms with Crippen molar-refractivity contribution in [1.29, 1.82) is 0 Å². The standard InChI is InChI=1S/C24H46.C8H18.C3H8.3C2H6.CH4/c1-7-11-15-20-24(10-4,23(6)19-12-8-2)21-16-13-14-18-22(5)17-9-3;1-4-6-8(3)7-5-2;1-3-2;3*1-2;/h10,12,19,22-23H,4,7-9,11,13-18,20-21H2,1-3,5-6H3;8H,4-7H2,1-3H3;3H2,1-2H3;3*1-2H3;1H4/b19-12+;;;;;;. The van der Waals surface area contributed by atoms with Crippen LogP contribution in [-0.2, 0) is 0 Å². The molecule has 0 bridgehead atoms. The molecule has 42 heavy (non-hydrogen) atoms. The Labute approximate surface area is 274 Å². The van der Waals surface area contributed by atoms with Gasteiger partial charge in [0.15, 0.2) is 0 Å². The molecule has 0 aromatic carbocycles. The maximum atomic E-state index is 4.26. The van der Waals surface area contributed by atoms with Crippen LogP contribution in [0.2, 0.25) is 0 Å². The van der Waals surface area contributed by atoms with Gasteiger partial charge in [0.2, 0.25) is 0 Å². The molecule has 0 aromatic rings. The Kier molecular flexibility index (Phi) is 72.2. The summed E-state index contributed by atoms with van der Waals surface area (Å²) in [4.78, 5) is 0. The molecular formula is C42H94. The third kappa shape index (κ3) is 43.9. The van der Waals surface area contributed by atoms with E-state index in [2.05, 4.69) is 94.0 Å². The van der Waals surface area contributed by atoms with Crippen LogP contribution >= 0.6 is 0 Å². The van der Waals surface area contributed by atoms with Gasteiger partial charge in [0.05, 0.1) is 0 Å². The minimum atomic E-state index is 0. The summed E-state index contributed by atoms with van der Waals surface area (Å²) >= 11 is 0. The Hall–Kier alpha value is -0.520. The Morgan fingerprint density at radius 1 is 0.548 bits per heavy atom. The average molecular weight is 599 g/mol. The normalized spacial score (nSPS) is 12.5. The van der Waals surface area contributed by atoms with Gasteiger partial charge in [-0.15, -0.1) is 6.58 Å². The monoisotopic (exact) mass is 599 g/mol. The highest BCUT2D eigenvalue weighted by Crippen LogP contribution is 2.41. The van der Waals surface area contributed by atoms with Crippen molar-refractivity contribution < 1.29 is 0 Å². The molecule has 0 heterocycles. The van der Waals surface area contributed by atoms with Gasteiger partial charge in [-0.2, -0.15) is 0 Å². The molecule has 0 spiro atoms. The van der Waals surface area contributed by atoms with E-state index in [0.717, 1.165) is 18.3 Å². The Bertz CT molecular complexity index is 414. The van der Waals surface area contributed by atoms with Gasteiger partial charge in [-0.1, -0.05) is 226 Å². The van der Waals surface area contributed by atoms with Crippen LogP contribution in [-0.4, -0.2) is 0 Å².